The molecule has 0 aromatic carbocycles. The van der Waals surface area contributed by atoms with Crippen LogP contribution in [0.1, 0.15) is 6.42 Å². The fourth-order valence-electron chi connectivity index (χ4n) is 2.00. The average molecular weight is 320 g/mol. The van der Waals surface area contributed by atoms with Crippen molar-refractivity contribution < 1.29 is 8.42 Å². The smallest absolute Gasteiger partial charge is 0.152 e. The fourth-order valence-corrected chi connectivity index (χ4v) is 4.12. The third-order valence-corrected chi connectivity index (χ3v) is 5.14. The third kappa shape index (κ3) is 2.71. The fraction of sp³-hybridized carbons (Fsp3) is 0.500. The molecule has 2 rings (SSSR count). The van der Waals surface area contributed by atoms with E-state index in [4.69, 9.17) is 5.73 Å². The minimum atomic E-state index is -2.89. The minimum absolute atomic E-state index is 0.0315. The second-order valence-corrected chi connectivity index (χ2v) is 7.38. The van der Waals surface area contributed by atoms with E-state index in [1.54, 1.807) is 12.3 Å². The molecule has 7 heteroatoms. The van der Waals surface area contributed by atoms with Gasteiger partial charge in [0.05, 0.1) is 17.2 Å². The summed E-state index contributed by atoms with van der Waals surface area (Å²) in [4.78, 5) is 6.08. The molecule has 1 fully saturated rings. The van der Waals surface area contributed by atoms with Gasteiger partial charge in [-0.25, -0.2) is 13.4 Å². The van der Waals surface area contributed by atoms with E-state index < -0.39 is 9.84 Å². The van der Waals surface area contributed by atoms with Crippen molar-refractivity contribution in [1.82, 2.24) is 4.98 Å². The van der Waals surface area contributed by atoms with Crippen LogP contribution in [-0.4, -0.2) is 38.0 Å². The van der Waals surface area contributed by atoms with Crippen LogP contribution >= 0.6 is 15.9 Å². The predicted octanol–water partition coefficient (Wildman–Crippen LogP) is 1.05. The molecule has 0 aliphatic carbocycles. The number of halogens is 1. The van der Waals surface area contributed by atoms with Gasteiger partial charge in [-0.3, -0.25) is 0 Å². The van der Waals surface area contributed by atoms with Crippen LogP contribution in [0.2, 0.25) is 0 Å². The molecular formula is C10H14BrN3O2S. The molecule has 0 bridgehead atoms. The van der Waals surface area contributed by atoms with Crippen molar-refractivity contribution in [2.45, 2.75) is 12.5 Å². The van der Waals surface area contributed by atoms with Crippen molar-refractivity contribution in [2.24, 2.45) is 0 Å². The van der Waals surface area contributed by atoms with Gasteiger partial charge in [0.1, 0.15) is 0 Å². The number of nitrogen functional groups attached to an aromatic ring is 1. The molecule has 1 aliphatic heterocycles. The topological polar surface area (TPSA) is 76.3 Å². The standard InChI is InChI=1S/C10H14BrN3O2S/c1-14(8-2-3-17(15,16)6-8)10-9(12)4-7(11)5-13-10/h4-5,8H,2-3,6,12H2,1H3. The number of aromatic nitrogens is 1. The zero-order chi connectivity index (χ0) is 12.6. The maximum absolute atomic E-state index is 11.4. The van der Waals surface area contributed by atoms with E-state index in [0.29, 0.717) is 17.9 Å². The van der Waals surface area contributed by atoms with Crippen LogP contribution in [0, 0.1) is 0 Å². The van der Waals surface area contributed by atoms with Crippen molar-refractivity contribution in [3.8, 4) is 0 Å². The quantitative estimate of drug-likeness (QED) is 0.881. The first-order valence-corrected chi connectivity index (χ1v) is 7.85. The molecule has 94 valence electrons. The molecule has 1 aromatic heterocycles. The molecule has 2 heterocycles. The number of nitrogens with zero attached hydrogens (tertiary/aromatic N) is 2. The van der Waals surface area contributed by atoms with Gasteiger partial charge in [0, 0.05) is 23.8 Å². The lowest BCUT2D eigenvalue weighted by Crippen LogP contribution is -2.33. The summed E-state index contributed by atoms with van der Waals surface area (Å²) in [5.74, 6) is 1.06. The van der Waals surface area contributed by atoms with Crippen molar-refractivity contribution in [1.29, 1.82) is 0 Å². The zero-order valence-corrected chi connectivity index (χ0v) is 11.8. The van der Waals surface area contributed by atoms with E-state index >= 15 is 0 Å². The minimum Gasteiger partial charge on any atom is -0.396 e. The van der Waals surface area contributed by atoms with Gasteiger partial charge in [-0.1, -0.05) is 0 Å². The highest BCUT2D eigenvalue weighted by Gasteiger charge is 2.31. The predicted molar refractivity (Wildman–Crippen MR) is 71.8 cm³/mol. The summed E-state index contributed by atoms with van der Waals surface area (Å²) in [6.07, 6.45) is 2.29. The van der Waals surface area contributed by atoms with Gasteiger partial charge < -0.3 is 10.6 Å². The Kier molecular flexibility index (Phi) is 3.31. The molecule has 0 saturated carbocycles. The third-order valence-electron chi connectivity index (χ3n) is 2.95. The van der Waals surface area contributed by atoms with E-state index in [0.717, 1.165) is 4.47 Å². The zero-order valence-electron chi connectivity index (χ0n) is 9.43. The Bertz CT molecular complexity index is 532. The Balaban J connectivity index is 2.23. The maximum atomic E-state index is 11.4. The van der Waals surface area contributed by atoms with E-state index in [1.165, 1.54) is 0 Å². The molecule has 1 aromatic rings. The number of pyridine rings is 1. The van der Waals surface area contributed by atoms with Crippen molar-refractivity contribution >= 4 is 37.3 Å². The van der Waals surface area contributed by atoms with E-state index in [1.807, 2.05) is 11.9 Å². The molecule has 1 saturated heterocycles. The van der Waals surface area contributed by atoms with E-state index in [9.17, 15) is 8.42 Å². The summed E-state index contributed by atoms with van der Waals surface area (Å²) in [5, 5.41) is 0. The van der Waals surface area contributed by atoms with Gasteiger partial charge in [0.25, 0.3) is 0 Å². The first-order chi connectivity index (χ1) is 7.89. The maximum Gasteiger partial charge on any atom is 0.152 e. The number of hydrogen-bond donors (Lipinski definition) is 1. The van der Waals surface area contributed by atoms with Crippen molar-refractivity contribution in [3.63, 3.8) is 0 Å². The largest absolute Gasteiger partial charge is 0.396 e. The van der Waals surface area contributed by atoms with Gasteiger partial charge in [-0.05, 0) is 28.4 Å². The van der Waals surface area contributed by atoms with Gasteiger partial charge in [-0.2, -0.15) is 0 Å². The molecule has 0 radical (unpaired) electrons. The van der Waals surface area contributed by atoms with Gasteiger partial charge in [0.15, 0.2) is 15.7 Å². The van der Waals surface area contributed by atoms with Crippen LogP contribution in [0.4, 0.5) is 11.5 Å². The molecule has 1 unspecified atom stereocenters. The SMILES string of the molecule is CN(c1ncc(Br)cc1N)C1CCS(=O)(=O)C1. The first-order valence-electron chi connectivity index (χ1n) is 5.23. The summed E-state index contributed by atoms with van der Waals surface area (Å²) in [6, 6.07) is 1.73. The number of rotatable bonds is 2. The highest BCUT2D eigenvalue weighted by molar-refractivity contribution is 9.10. The average Bonchev–Trinajstić information content (AvgIpc) is 2.58. The molecule has 1 atom stereocenters. The highest BCUT2D eigenvalue weighted by atomic mass is 79.9. The van der Waals surface area contributed by atoms with Crippen LogP contribution in [0.3, 0.4) is 0 Å². The van der Waals surface area contributed by atoms with Crippen molar-refractivity contribution in [2.75, 3.05) is 29.2 Å². The van der Waals surface area contributed by atoms with Gasteiger partial charge >= 0.3 is 0 Å². The second-order valence-electron chi connectivity index (χ2n) is 4.23. The van der Waals surface area contributed by atoms with Crippen LogP contribution in [-0.2, 0) is 9.84 Å². The van der Waals surface area contributed by atoms with E-state index in [2.05, 4.69) is 20.9 Å². The van der Waals surface area contributed by atoms with Crippen LogP contribution in [0.5, 0.6) is 0 Å². The Labute approximate surface area is 109 Å². The second kappa shape index (κ2) is 4.45. The van der Waals surface area contributed by atoms with Crippen LogP contribution in [0.15, 0.2) is 16.7 Å². The van der Waals surface area contributed by atoms with Crippen molar-refractivity contribution in [3.05, 3.63) is 16.7 Å². The summed E-state index contributed by atoms with van der Waals surface area (Å²) < 4.78 is 23.7. The normalized spacial score (nSPS) is 22.6. The number of nitrogens with two attached hydrogens (primary N) is 1. The molecule has 0 amide bonds. The lowest BCUT2D eigenvalue weighted by atomic mass is 10.2. The molecular weight excluding hydrogens is 306 g/mol. The summed E-state index contributed by atoms with van der Waals surface area (Å²) in [7, 11) is -1.06. The number of anilines is 2. The van der Waals surface area contributed by atoms with E-state index in [-0.39, 0.29) is 17.5 Å². The number of sulfone groups is 1. The Hall–Kier alpha value is -0.820. The highest BCUT2D eigenvalue weighted by Crippen LogP contribution is 2.27. The first kappa shape index (κ1) is 12.6. The van der Waals surface area contributed by atoms with Crippen LogP contribution < -0.4 is 10.6 Å². The lowest BCUT2D eigenvalue weighted by molar-refractivity contribution is 0.600. The Morgan fingerprint density at radius 2 is 2.29 bits per heavy atom. The Morgan fingerprint density at radius 3 is 2.82 bits per heavy atom. The molecule has 0 spiro atoms. The monoisotopic (exact) mass is 319 g/mol. The lowest BCUT2D eigenvalue weighted by Gasteiger charge is -2.25. The summed E-state index contributed by atoms with van der Waals surface area (Å²) in [5.41, 5.74) is 6.42. The summed E-state index contributed by atoms with van der Waals surface area (Å²) >= 11 is 3.29. The molecule has 1 aliphatic rings. The number of hydrogen-bond acceptors (Lipinski definition) is 5. The molecule has 2 N–H and O–H groups in total. The summed E-state index contributed by atoms with van der Waals surface area (Å²) in [6.45, 7) is 0. The van der Waals surface area contributed by atoms with Gasteiger partial charge in [-0.15, -0.1) is 0 Å². The Morgan fingerprint density at radius 1 is 1.59 bits per heavy atom. The molecule has 5 nitrogen and oxygen atoms in total. The van der Waals surface area contributed by atoms with Gasteiger partial charge in [0.2, 0.25) is 0 Å². The molecule has 17 heavy (non-hydrogen) atoms. The van der Waals surface area contributed by atoms with Crippen LogP contribution in [0.25, 0.3) is 0 Å².